The van der Waals surface area contributed by atoms with Crippen LogP contribution in [0.3, 0.4) is 0 Å². The van der Waals surface area contributed by atoms with Crippen molar-refractivity contribution in [3.8, 4) is 0 Å². The molecule has 1 fully saturated rings. The molecule has 168 valence electrons. The summed E-state index contributed by atoms with van der Waals surface area (Å²) in [5, 5.41) is 2.91. The Morgan fingerprint density at radius 2 is 1.94 bits per heavy atom. The lowest BCUT2D eigenvalue weighted by atomic mass is 10.0. The van der Waals surface area contributed by atoms with Crippen molar-refractivity contribution in [3.05, 3.63) is 63.0 Å². The zero-order valence-electron chi connectivity index (χ0n) is 17.6. The first-order valence-electron chi connectivity index (χ1n) is 10.3. The van der Waals surface area contributed by atoms with Gasteiger partial charge in [-0.25, -0.2) is 9.78 Å². The lowest BCUT2D eigenvalue weighted by Crippen LogP contribution is -2.51. The maximum Gasteiger partial charge on any atom is 0.327 e. The van der Waals surface area contributed by atoms with Crippen LogP contribution in [0, 0.1) is 0 Å². The highest BCUT2D eigenvalue weighted by Gasteiger charge is 2.33. The van der Waals surface area contributed by atoms with Gasteiger partial charge >= 0.3 is 5.97 Å². The summed E-state index contributed by atoms with van der Waals surface area (Å²) in [6, 6.07) is 8.35. The predicted octanol–water partition coefficient (Wildman–Crippen LogP) is 2.56. The second-order valence-electron chi connectivity index (χ2n) is 7.50. The molecule has 1 aliphatic heterocycles. The molecule has 0 aliphatic carbocycles. The summed E-state index contributed by atoms with van der Waals surface area (Å²) >= 11 is 7.75. The third kappa shape index (κ3) is 4.55. The summed E-state index contributed by atoms with van der Waals surface area (Å²) in [6.45, 7) is 2.26. The number of piperazine rings is 1. The van der Waals surface area contributed by atoms with Gasteiger partial charge in [0.2, 0.25) is 5.91 Å². The van der Waals surface area contributed by atoms with Crippen molar-refractivity contribution in [3.63, 3.8) is 0 Å². The summed E-state index contributed by atoms with van der Waals surface area (Å²) in [5.41, 5.74) is 0.561. The molecule has 3 aromatic rings. The second kappa shape index (κ2) is 9.81. The maximum atomic E-state index is 12.7. The first-order valence-corrected chi connectivity index (χ1v) is 11.5. The van der Waals surface area contributed by atoms with Crippen LogP contribution < -0.4 is 5.56 Å². The lowest BCUT2D eigenvalue weighted by Gasteiger charge is -2.38. The average Bonchev–Trinajstić information content (AvgIpc) is 3.30. The molecule has 1 saturated heterocycles. The fourth-order valence-electron chi connectivity index (χ4n) is 3.94. The number of amides is 1. The molecule has 0 spiro atoms. The van der Waals surface area contributed by atoms with Crippen LogP contribution in [0.2, 0.25) is 5.02 Å². The number of carbonyl (C=O) groups is 2. The number of aryl methyl sites for hydroxylation is 1. The summed E-state index contributed by atoms with van der Waals surface area (Å²) in [4.78, 5) is 46.5. The number of aromatic nitrogens is 2. The van der Waals surface area contributed by atoms with E-state index in [0.29, 0.717) is 47.0 Å². The topological polar surface area (TPSA) is 84.7 Å². The van der Waals surface area contributed by atoms with Gasteiger partial charge in [-0.15, -0.1) is 11.3 Å². The van der Waals surface area contributed by atoms with Crippen LogP contribution in [-0.4, -0.2) is 64.5 Å². The molecule has 0 bridgehead atoms. The number of halogens is 1. The van der Waals surface area contributed by atoms with Crippen LogP contribution in [0.1, 0.15) is 18.0 Å². The molecule has 2 aromatic heterocycles. The molecule has 8 nitrogen and oxygen atoms in total. The van der Waals surface area contributed by atoms with Gasteiger partial charge in [0.25, 0.3) is 5.56 Å². The molecular weight excluding hydrogens is 452 g/mol. The van der Waals surface area contributed by atoms with Gasteiger partial charge in [0.15, 0.2) is 0 Å². The summed E-state index contributed by atoms with van der Waals surface area (Å²) < 4.78 is 6.50. The Morgan fingerprint density at radius 1 is 1.19 bits per heavy atom. The Bertz CT molecular complexity index is 1190. The minimum atomic E-state index is -0.618. The van der Waals surface area contributed by atoms with Crippen molar-refractivity contribution in [1.29, 1.82) is 0 Å². The molecule has 0 saturated carbocycles. The van der Waals surface area contributed by atoms with E-state index >= 15 is 0 Å². The van der Waals surface area contributed by atoms with E-state index in [4.69, 9.17) is 16.3 Å². The maximum absolute atomic E-state index is 12.7. The van der Waals surface area contributed by atoms with E-state index < -0.39 is 6.04 Å². The minimum Gasteiger partial charge on any atom is -0.468 e. The third-order valence-electron chi connectivity index (χ3n) is 5.67. The van der Waals surface area contributed by atoms with Crippen LogP contribution in [0.15, 0.2) is 46.8 Å². The van der Waals surface area contributed by atoms with E-state index in [9.17, 15) is 14.4 Å². The van der Waals surface area contributed by atoms with Crippen LogP contribution in [0.25, 0.3) is 10.2 Å². The molecular formula is C22H23ClN4O4S. The van der Waals surface area contributed by atoms with Gasteiger partial charge in [0.05, 0.1) is 18.8 Å². The molecule has 1 aliphatic rings. The Balaban J connectivity index is 1.38. The van der Waals surface area contributed by atoms with Gasteiger partial charge in [-0.3, -0.25) is 19.1 Å². The van der Waals surface area contributed by atoms with E-state index in [0.717, 1.165) is 0 Å². The molecule has 1 atom stereocenters. The summed E-state index contributed by atoms with van der Waals surface area (Å²) in [5.74, 6) is -0.414. The van der Waals surface area contributed by atoms with E-state index in [1.807, 2.05) is 28.5 Å². The standard InChI is InChI=1S/C22H23ClN4O4S/c1-31-22(30)19(15-4-2-3-5-17(15)23)26-11-9-25(10-12-26)18(28)6-8-27-14-24-20-16(21(27)29)7-13-32-20/h2-5,7,13-14,19H,6,8-12H2,1H3. The average molecular weight is 475 g/mol. The number of hydrogen-bond donors (Lipinski definition) is 0. The molecule has 32 heavy (non-hydrogen) atoms. The quantitative estimate of drug-likeness (QED) is 0.510. The SMILES string of the molecule is COC(=O)C(c1ccccc1Cl)N1CCN(C(=O)CCn2cnc3sccc3c2=O)CC1. The van der Waals surface area contributed by atoms with E-state index in [2.05, 4.69) is 4.98 Å². The highest BCUT2D eigenvalue weighted by atomic mass is 35.5. The molecule has 0 radical (unpaired) electrons. The van der Waals surface area contributed by atoms with Crippen LogP contribution in [0.4, 0.5) is 0 Å². The molecule has 10 heteroatoms. The molecule has 4 rings (SSSR count). The van der Waals surface area contributed by atoms with Gasteiger partial charge < -0.3 is 9.64 Å². The van der Waals surface area contributed by atoms with Crippen molar-refractivity contribution in [2.75, 3.05) is 33.3 Å². The van der Waals surface area contributed by atoms with Crippen LogP contribution in [-0.2, 0) is 20.9 Å². The van der Waals surface area contributed by atoms with Crippen molar-refractivity contribution >= 4 is 45.0 Å². The Hall–Kier alpha value is -2.75. The van der Waals surface area contributed by atoms with Gasteiger partial charge in [-0.2, -0.15) is 0 Å². The van der Waals surface area contributed by atoms with Crippen molar-refractivity contribution in [2.24, 2.45) is 0 Å². The summed E-state index contributed by atoms with van der Waals surface area (Å²) in [6.07, 6.45) is 1.71. The summed E-state index contributed by atoms with van der Waals surface area (Å²) in [7, 11) is 1.36. The van der Waals surface area contributed by atoms with Crippen molar-refractivity contribution < 1.29 is 14.3 Å². The molecule has 3 heterocycles. The number of methoxy groups -OCH3 is 1. The van der Waals surface area contributed by atoms with E-state index in [1.54, 1.807) is 17.0 Å². The number of rotatable bonds is 6. The number of thiophene rings is 1. The Kier molecular flexibility index (Phi) is 6.88. The fourth-order valence-corrected chi connectivity index (χ4v) is 4.90. The molecule has 1 amide bonds. The van der Waals surface area contributed by atoms with Crippen molar-refractivity contribution in [1.82, 2.24) is 19.4 Å². The number of ether oxygens (including phenoxy) is 1. The van der Waals surface area contributed by atoms with E-state index in [1.165, 1.54) is 29.3 Å². The number of esters is 1. The number of benzene rings is 1. The highest BCUT2D eigenvalue weighted by molar-refractivity contribution is 7.16. The van der Waals surface area contributed by atoms with Gasteiger partial charge in [0, 0.05) is 44.2 Å². The monoisotopic (exact) mass is 474 g/mol. The predicted molar refractivity (Wildman–Crippen MR) is 123 cm³/mol. The lowest BCUT2D eigenvalue weighted by molar-refractivity contribution is -0.148. The number of hydrogen-bond acceptors (Lipinski definition) is 7. The fraction of sp³-hybridized carbons (Fsp3) is 0.364. The number of nitrogens with zero attached hydrogens (tertiary/aromatic N) is 4. The smallest absolute Gasteiger partial charge is 0.327 e. The first-order chi connectivity index (χ1) is 15.5. The van der Waals surface area contributed by atoms with Crippen LogP contribution in [0.5, 0.6) is 0 Å². The molecule has 1 unspecified atom stereocenters. The zero-order valence-corrected chi connectivity index (χ0v) is 19.1. The zero-order chi connectivity index (χ0) is 22.7. The Morgan fingerprint density at radius 3 is 2.66 bits per heavy atom. The van der Waals surface area contributed by atoms with Gasteiger partial charge in [-0.1, -0.05) is 29.8 Å². The van der Waals surface area contributed by atoms with Gasteiger partial charge in [-0.05, 0) is 23.1 Å². The molecule has 0 N–H and O–H groups in total. The second-order valence-corrected chi connectivity index (χ2v) is 8.80. The van der Waals surface area contributed by atoms with Crippen LogP contribution >= 0.6 is 22.9 Å². The largest absolute Gasteiger partial charge is 0.468 e. The van der Waals surface area contributed by atoms with Gasteiger partial charge in [0.1, 0.15) is 10.9 Å². The normalized spacial score (nSPS) is 15.6. The number of fused-ring (bicyclic) bond motifs is 1. The minimum absolute atomic E-state index is 0.0330. The Labute approximate surface area is 194 Å². The third-order valence-corrected chi connectivity index (χ3v) is 6.84. The highest BCUT2D eigenvalue weighted by Crippen LogP contribution is 2.29. The first kappa shape index (κ1) is 22.4. The number of carbonyl (C=O) groups excluding carboxylic acids is 2. The van der Waals surface area contributed by atoms with Crippen molar-refractivity contribution in [2.45, 2.75) is 19.0 Å². The van der Waals surface area contributed by atoms with E-state index in [-0.39, 0.29) is 30.4 Å². The molecule has 1 aromatic carbocycles.